The van der Waals surface area contributed by atoms with Crippen LogP contribution in [0.4, 0.5) is 0 Å². The molecule has 1 aromatic carbocycles. The zero-order valence-electron chi connectivity index (χ0n) is 13.0. The number of hydrogen-bond donors (Lipinski definition) is 1. The van der Waals surface area contributed by atoms with Gasteiger partial charge in [-0.2, -0.15) is 0 Å². The molecule has 1 aliphatic rings. The van der Waals surface area contributed by atoms with Gasteiger partial charge in [0.2, 0.25) is 0 Å². The van der Waals surface area contributed by atoms with Gasteiger partial charge < -0.3 is 5.11 Å². The Kier molecular flexibility index (Phi) is 4.19. The van der Waals surface area contributed by atoms with E-state index in [-0.39, 0.29) is 0 Å². The number of aliphatic carboxylic acids is 1. The van der Waals surface area contributed by atoms with Gasteiger partial charge in [0.05, 0.1) is 5.41 Å². The minimum absolute atomic E-state index is 0.535. The van der Waals surface area contributed by atoms with Crippen LogP contribution < -0.4 is 0 Å². The standard InChI is InChI=1S/C17H25NO2/c1-5-17(16(19)20)6-7-18(11-17)10-15-13(3)8-12(2)9-14(15)4/h8-9H,5-7,10-11H2,1-4H3,(H,19,20). The van der Waals surface area contributed by atoms with Crippen LogP contribution in [-0.4, -0.2) is 29.1 Å². The van der Waals surface area contributed by atoms with E-state index in [4.69, 9.17) is 0 Å². The van der Waals surface area contributed by atoms with Crippen molar-refractivity contribution in [3.63, 3.8) is 0 Å². The lowest BCUT2D eigenvalue weighted by Gasteiger charge is -2.24. The molecule has 1 saturated heterocycles. The van der Waals surface area contributed by atoms with E-state index in [0.29, 0.717) is 13.0 Å². The summed E-state index contributed by atoms with van der Waals surface area (Å²) in [5, 5.41) is 9.47. The average molecular weight is 275 g/mol. The normalized spacial score (nSPS) is 23.2. The molecule has 1 aromatic rings. The predicted octanol–water partition coefficient (Wildman–Crippen LogP) is 3.30. The quantitative estimate of drug-likeness (QED) is 0.916. The van der Waals surface area contributed by atoms with Gasteiger partial charge >= 0.3 is 5.97 Å². The fourth-order valence-corrected chi connectivity index (χ4v) is 3.39. The second kappa shape index (κ2) is 5.57. The number of rotatable bonds is 4. The average Bonchev–Trinajstić information content (AvgIpc) is 2.78. The first-order valence-corrected chi connectivity index (χ1v) is 7.40. The summed E-state index contributed by atoms with van der Waals surface area (Å²) >= 11 is 0. The molecule has 1 heterocycles. The molecule has 3 nitrogen and oxygen atoms in total. The SMILES string of the molecule is CCC1(C(=O)O)CCN(Cc2c(C)cc(C)cc2C)C1. The van der Waals surface area contributed by atoms with Gasteiger partial charge in [-0.15, -0.1) is 0 Å². The third-order valence-corrected chi connectivity index (χ3v) is 4.79. The lowest BCUT2D eigenvalue weighted by atomic mass is 9.84. The largest absolute Gasteiger partial charge is 0.481 e. The molecule has 0 radical (unpaired) electrons. The molecule has 0 spiro atoms. The summed E-state index contributed by atoms with van der Waals surface area (Å²) in [6.45, 7) is 10.8. The van der Waals surface area contributed by atoms with E-state index in [9.17, 15) is 9.90 Å². The number of likely N-dealkylation sites (tertiary alicyclic amines) is 1. The minimum Gasteiger partial charge on any atom is -0.481 e. The van der Waals surface area contributed by atoms with E-state index < -0.39 is 11.4 Å². The third-order valence-electron chi connectivity index (χ3n) is 4.79. The van der Waals surface area contributed by atoms with Crippen LogP contribution in [-0.2, 0) is 11.3 Å². The number of hydrogen-bond acceptors (Lipinski definition) is 2. The molecule has 1 fully saturated rings. The van der Waals surface area contributed by atoms with Crippen LogP contribution in [0.15, 0.2) is 12.1 Å². The van der Waals surface area contributed by atoms with Crippen LogP contribution >= 0.6 is 0 Å². The molecule has 0 saturated carbocycles. The highest BCUT2D eigenvalue weighted by Gasteiger charge is 2.43. The summed E-state index contributed by atoms with van der Waals surface area (Å²) in [6, 6.07) is 4.42. The van der Waals surface area contributed by atoms with Gasteiger partial charge in [0.15, 0.2) is 0 Å². The first-order chi connectivity index (χ1) is 9.38. The Balaban J connectivity index is 2.15. The molecule has 1 atom stereocenters. The first-order valence-electron chi connectivity index (χ1n) is 7.40. The van der Waals surface area contributed by atoms with Crippen molar-refractivity contribution in [1.29, 1.82) is 0 Å². The molecule has 110 valence electrons. The molecule has 1 N–H and O–H groups in total. The van der Waals surface area contributed by atoms with Crippen molar-refractivity contribution < 1.29 is 9.90 Å². The fourth-order valence-electron chi connectivity index (χ4n) is 3.39. The highest BCUT2D eigenvalue weighted by Crippen LogP contribution is 2.35. The van der Waals surface area contributed by atoms with Gasteiger partial charge in [0, 0.05) is 13.1 Å². The molecule has 0 bridgehead atoms. The smallest absolute Gasteiger partial charge is 0.310 e. The first kappa shape index (κ1) is 15.0. The number of carboxylic acid groups (broad SMARTS) is 1. The Labute approximate surface area is 121 Å². The topological polar surface area (TPSA) is 40.5 Å². The van der Waals surface area contributed by atoms with Crippen LogP contribution in [0, 0.1) is 26.2 Å². The Morgan fingerprint density at radius 2 is 1.90 bits per heavy atom. The van der Waals surface area contributed by atoms with Crippen LogP contribution in [0.3, 0.4) is 0 Å². The summed E-state index contributed by atoms with van der Waals surface area (Å²) in [7, 11) is 0. The Hall–Kier alpha value is -1.35. The zero-order valence-corrected chi connectivity index (χ0v) is 13.0. The minimum atomic E-state index is -0.639. The van der Waals surface area contributed by atoms with Crippen molar-refractivity contribution in [1.82, 2.24) is 4.90 Å². The van der Waals surface area contributed by atoms with E-state index in [1.165, 1.54) is 22.3 Å². The van der Waals surface area contributed by atoms with Gasteiger partial charge in [-0.1, -0.05) is 24.6 Å². The summed E-state index contributed by atoms with van der Waals surface area (Å²) in [4.78, 5) is 13.8. The van der Waals surface area contributed by atoms with Gasteiger partial charge in [0.25, 0.3) is 0 Å². The maximum atomic E-state index is 11.5. The van der Waals surface area contributed by atoms with Crippen molar-refractivity contribution in [3.8, 4) is 0 Å². The highest BCUT2D eigenvalue weighted by atomic mass is 16.4. The van der Waals surface area contributed by atoms with Crippen molar-refractivity contribution in [2.75, 3.05) is 13.1 Å². The van der Waals surface area contributed by atoms with Crippen LogP contribution in [0.5, 0.6) is 0 Å². The number of benzene rings is 1. The molecule has 1 unspecified atom stereocenters. The van der Waals surface area contributed by atoms with Crippen LogP contribution in [0.1, 0.15) is 42.0 Å². The van der Waals surface area contributed by atoms with Gasteiger partial charge in [-0.25, -0.2) is 0 Å². The second-order valence-corrected chi connectivity index (χ2v) is 6.28. The Morgan fingerprint density at radius 3 is 2.35 bits per heavy atom. The van der Waals surface area contributed by atoms with Crippen LogP contribution in [0.2, 0.25) is 0 Å². The van der Waals surface area contributed by atoms with Crippen molar-refractivity contribution in [2.24, 2.45) is 5.41 Å². The Morgan fingerprint density at radius 1 is 1.30 bits per heavy atom. The van der Waals surface area contributed by atoms with E-state index in [1.54, 1.807) is 0 Å². The molecule has 20 heavy (non-hydrogen) atoms. The van der Waals surface area contributed by atoms with Crippen LogP contribution in [0.25, 0.3) is 0 Å². The lowest BCUT2D eigenvalue weighted by molar-refractivity contribution is -0.148. The van der Waals surface area contributed by atoms with Gasteiger partial charge in [-0.3, -0.25) is 9.69 Å². The number of carboxylic acids is 1. The fraction of sp³-hybridized carbons (Fsp3) is 0.588. The molecule has 0 aliphatic carbocycles. The summed E-state index contributed by atoms with van der Waals surface area (Å²) in [6.07, 6.45) is 1.48. The van der Waals surface area contributed by atoms with Gasteiger partial charge in [-0.05, 0) is 56.8 Å². The lowest BCUT2D eigenvalue weighted by Crippen LogP contribution is -2.34. The van der Waals surface area contributed by atoms with E-state index in [1.807, 2.05) is 6.92 Å². The summed E-state index contributed by atoms with van der Waals surface area (Å²) < 4.78 is 0. The second-order valence-electron chi connectivity index (χ2n) is 6.28. The molecular weight excluding hydrogens is 250 g/mol. The molecule has 0 amide bonds. The predicted molar refractivity (Wildman–Crippen MR) is 80.9 cm³/mol. The zero-order chi connectivity index (χ0) is 14.9. The maximum absolute atomic E-state index is 11.5. The van der Waals surface area contributed by atoms with Crippen molar-refractivity contribution >= 4 is 5.97 Å². The maximum Gasteiger partial charge on any atom is 0.310 e. The molecular formula is C17H25NO2. The van der Waals surface area contributed by atoms with E-state index in [2.05, 4.69) is 37.8 Å². The Bertz CT molecular complexity index is 501. The summed E-state index contributed by atoms with van der Waals surface area (Å²) in [5.74, 6) is -0.639. The molecule has 0 aromatic heterocycles. The molecule has 3 heteroatoms. The van der Waals surface area contributed by atoms with E-state index >= 15 is 0 Å². The summed E-state index contributed by atoms with van der Waals surface area (Å²) in [5.41, 5.74) is 4.73. The van der Waals surface area contributed by atoms with Crippen molar-refractivity contribution in [2.45, 2.75) is 47.1 Å². The third kappa shape index (κ3) is 2.73. The monoisotopic (exact) mass is 275 g/mol. The highest BCUT2D eigenvalue weighted by molar-refractivity contribution is 5.75. The van der Waals surface area contributed by atoms with Gasteiger partial charge in [0.1, 0.15) is 0 Å². The number of nitrogens with zero attached hydrogens (tertiary/aromatic N) is 1. The van der Waals surface area contributed by atoms with E-state index in [0.717, 1.165) is 19.5 Å². The number of carbonyl (C=O) groups is 1. The molecule has 2 rings (SSSR count). The number of aryl methyl sites for hydroxylation is 3. The molecule has 1 aliphatic heterocycles. The van der Waals surface area contributed by atoms with Crippen molar-refractivity contribution in [3.05, 3.63) is 34.4 Å².